The smallest absolute Gasteiger partial charge is 0.272 e. The Kier molecular flexibility index (Phi) is 6.61. The lowest BCUT2D eigenvalue weighted by molar-refractivity contribution is -0.125. The van der Waals surface area contributed by atoms with Crippen LogP contribution < -0.4 is 10.6 Å². The molecule has 0 saturated heterocycles. The number of carbonyl (C=O) groups is 2. The normalized spacial score (nSPS) is 15.8. The van der Waals surface area contributed by atoms with Gasteiger partial charge in [0.1, 0.15) is 11.9 Å². The molecule has 3 rings (SSSR count). The van der Waals surface area contributed by atoms with Gasteiger partial charge in [-0.15, -0.1) is 0 Å². The van der Waals surface area contributed by atoms with Gasteiger partial charge in [-0.1, -0.05) is 51.1 Å². The first kappa shape index (κ1) is 22.0. The number of carbonyl (C=O) groups excluding carboxylic acids is 2. The Labute approximate surface area is 178 Å². The van der Waals surface area contributed by atoms with Gasteiger partial charge >= 0.3 is 0 Å². The summed E-state index contributed by atoms with van der Waals surface area (Å²) in [5.41, 5.74) is 1.86. The fraction of sp³-hybridized carbons (Fsp3) is 0.522. The lowest BCUT2D eigenvalue weighted by atomic mass is 9.86. The molecule has 2 aromatic rings. The van der Waals surface area contributed by atoms with Crippen LogP contribution in [0.3, 0.4) is 0 Å². The number of amides is 2. The zero-order valence-corrected chi connectivity index (χ0v) is 18.7. The van der Waals surface area contributed by atoms with Crippen LogP contribution in [0.2, 0.25) is 0 Å². The van der Waals surface area contributed by atoms with Crippen LogP contribution in [0.25, 0.3) is 11.4 Å². The summed E-state index contributed by atoms with van der Waals surface area (Å²) in [5.74, 6) is 0.322. The van der Waals surface area contributed by atoms with Gasteiger partial charge in [0, 0.05) is 25.2 Å². The van der Waals surface area contributed by atoms with E-state index >= 15 is 0 Å². The zero-order valence-electron chi connectivity index (χ0n) is 18.7. The van der Waals surface area contributed by atoms with Gasteiger partial charge in [-0.25, -0.2) is 4.98 Å². The monoisotopic (exact) mass is 411 g/mol. The van der Waals surface area contributed by atoms with E-state index in [0.717, 1.165) is 36.6 Å². The van der Waals surface area contributed by atoms with Crippen LogP contribution in [0, 0.1) is 5.41 Å². The Morgan fingerprint density at radius 2 is 1.87 bits per heavy atom. The van der Waals surface area contributed by atoms with Crippen LogP contribution in [0.5, 0.6) is 0 Å². The number of aromatic nitrogens is 2. The van der Waals surface area contributed by atoms with Crippen LogP contribution in [0.1, 0.15) is 50.3 Å². The van der Waals surface area contributed by atoms with Gasteiger partial charge < -0.3 is 20.1 Å². The van der Waals surface area contributed by atoms with Crippen molar-refractivity contribution in [1.82, 2.24) is 25.1 Å². The van der Waals surface area contributed by atoms with E-state index < -0.39 is 11.5 Å². The molecule has 2 N–H and O–H groups in total. The number of rotatable bonds is 5. The fourth-order valence-electron chi connectivity index (χ4n) is 3.86. The van der Waals surface area contributed by atoms with Crippen LogP contribution in [0.15, 0.2) is 30.3 Å². The second-order valence-corrected chi connectivity index (χ2v) is 9.01. The molecule has 1 aliphatic rings. The molecule has 0 spiro atoms. The second-order valence-electron chi connectivity index (χ2n) is 9.01. The van der Waals surface area contributed by atoms with Crippen LogP contribution in [-0.2, 0) is 17.9 Å². The second kappa shape index (κ2) is 9.00. The standard InChI is InChI=1S/C23H33N5O2/c1-6-24-22(30)19(23(2,3)4)26-21(29)18-17-15-27(5)13-10-14-28(17)20(25-18)16-11-8-7-9-12-16/h7-9,11-12,19H,6,10,13-15H2,1-5H3,(H,24,30)(H,26,29). The molecule has 0 fully saturated rings. The third-order valence-corrected chi connectivity index (χ3v) is 5.42. The van der Waals surface area contributed by atoms with Crippen LogP contribution >= 0.6 is 0 Å². The van der Waals surface area contributed by atoms with Crippen molar-refractivity contribution in [2.24, 2.45) is 5.41 Å². The Morgan fingerprint density at radius 1 is 1.17 bits per heavy atom. The number of nitrogens with one attached hydrogen (secondary N) is 2. The summed E-state index contributed by atoms with van der Waals surface area (Å²) in [4.78, 5) is 33.0. The van der Waals surface area contributed by atoms with Crippen LogP contribution in [0.4, 0.5) is 0 Å². The topological polar surface area (TPSA) is 79.3 Å². The van der Waals surface area contributed by atoms with E-state index in [-0.39, 0.29) is 11.8 Å². The van der Waals surface area contributed by atoms with Gasteiger partial charge in [-0.05, 0) is 32.4 Å². The van der Waals surface area contributed by atoms with Crippen LogP contribution in [-0.4, -0.2) is 52.4 Å². The number of hydrogen-bond donors (Lipinski definition) is 2. The summed E-state index contributed by atoms with van der Waals surface area (Å²) in [7, 11) is 2.05. The molecular weight excluding hydrogens is 378 g/mol. The van der Waals surface area contributed by atoms with E-state index in [1.807, 2.05) is 58.0 Å². The largest absolute Gasteiger partial charge is 0.355 e. The first-order valence-corrected chi connectivity index (χ1v) is 10.6. The van der Waals surface area contributed by atoms with Crippen molar-refractivity contribution >= 4 is 11.8 Å². The van der Waals surface area contributed by atoms with Crippen molar-refractivity contribution in [3.63, 3.8) is 0 Å². The predicted octanol–water partition coefficient (Wildman–Crippen LogP) is 2.67. The molecule has 1 atom stereocenters. The summed E-state index contributed by atoms with van der Waals surface area (Å²) in [6.07, 6.45) is 0.990. The number of nitrogens with zero attached hydrogens (tertiary/aromatic N) is 3. The highest BCUT2D eigenvalue weighted by Crippen LogP contribution is 2.27. The van der Waals surface area contributed by atoms with Gasteiger partial charge in [-0.3, -0.25) is 9.59 Å². The minimum absolute atomic E-state index is 0.177. The molecule has 30 heavy (non-hydrogen) atoms. The number of benzene rings is 1. The van der Waals surface area contributed by atoms with E-state index in [4.69, 9.17) is 4.98 Å². The molecular formula is C23H33N5O2. The Hall–Kier alpha value is -2.67. The zero-order chi connectivity index (χ0) is 21.9. The van der Waals surface area contributed by atoms with Gasteiger partial charge in [0.15, 0.2) is 5.69 Å². The number of imidazole rings is 1. The van der Waals surface area contributed by atoms with E-state index in [0.29, 0.717) is 18.8 Å². The Bertz CT molecular complexity index is 898. The number of fused-ring (bicyclic) bond motifs is 1. The summed E-state index contributed by atoms with van der Waals surface area (Å²) in [6, 6.07) is 9.30. The van der Waals surface area contributed by atoms with Gasteiger partial charge in [0.25, 0.3) is 5.91 Å². The van der Waals surface area contributed by atoms with Crippen molar-refractivity contribution in [2.75, 3.05) is 20.1 Å². The molecule has 0 aliphatic carbocycles. The molecule has 0 saturated carbocycles. The number of hydrogen-bond acceptors (Lipinski definition) is 4. The van der Waals surface area contributed by atoms with Crippen molar-refractivity contribution < 1.29 is 9.59 Å². The van der Waals surface area contributed by atoms with E-state index in [1.165, 1.54) is 0 Å². The highest BCUT2D eigenvalue weighted by atomic mass is 16.2. The maximum absolute atomic E-state index is 13.4. The van der Waals surface area contributed by atoms with Crippen molar-refractivity contribution in [2.45, 2.75) is 53.2 Å². The molecule has 1 aromatic carbocycles. The third-order valence-electron chi connectivity index (χ3n) is 5.42. The lowest BCUT2D eigenvalue weighted by Crippen LogP contribution is -2.53. The van der Waals surface area contributed by atoms with Gasteiger partial charge in [0.05, 0.1) is 5.69 Å². The van der Waals surface area contributed by atoms with E-state index in [1.54, 1.807) is 0 Å². The molecule has 1 aliphatic heterocycles. The van der Waals surface area contributed by atoms with Crippen molar-refractivity contribution in [3.05, 3.63) is 41.7 Å². The van der Waals surface area contributed by atoms with Gasteiger partial charge in [0.2, 0.25) is 5.91 Å². The third kappa shape index (κ3) is 4.73. The quantitative estimate of drug-likeness (QED) is 0.793. The lowest BCUT2D eigenvalue weighted by Gasteiger charge is -2.30. The first-order valence-electron chi connectivity index (χ1n) is 10.6. The molecule has 1 aromatic heterocycles. The highest BCUT2D eigenvalue weighted by molar-refractivity contribution is 5.98. The molecule has 1 unspecified atom stereocenters. The minimum atomic E-state index is -0.647. The van der Waals surface area contributed by atoms with Gasteiger partial charge in [-0.2, -0.15) is 0 Å². The summed E-state index contributed by atoms with van der Waals surface area (Å²) < 4.78 is 2.16. The van der Waals surface area contributed by atoms with E-state index in [9.17, 15) is 9.59 Å². The molecule has 7 nitrogen and oxygen atoms in total. The first-order chi connectivity index (χ1) is 14.2. The summed E-state index contributed by atoms with van der Waals surface area (Å²) >= 11 is 0. The predicted molar refractivity (Wildman–Crippen MR) is 118 cm³/mol. The average molecular weight is 412 g/mol. The molecule has 0 bridgehead atoms. The highest BCUT2D eigenvalue weighted by Gasteiger charge is 2.34. The molecule has 2 heterocycles. The molecule has 7 heteroatoms. The minimum Gasteiger partial charge on any atom is -0.355 e. The number of likely N-dealkylation sites (N-methyl/N-ethyl adjacent to an activating group) is 1. The molecule has 0 radical (unpaired) electrons. The summed E-state index contributed by atoms with van der Waals surface area (Å²) in [5, 5.41) is 5.79. The van der Waals surface area contributed by atoms with Crippen molar-refractivity contribution in [1.29, 1.82) is 0 Å². The summed E-state index contributed by atoms with van der Waals surface area (Å²) in [6.45, 7) is 10.6. The average Bonchev–Trinajstić information content (AvgIpc) is 2.92. The maximum atomic E-state index is 13.4. The maximum Gasteiger partial charge on any atom is 0.272 e. The fourth-order valence-corrected chi connectivity index (χ4v) is 3.86. The Morgan fingerprint density at radius 3 is 2.50 bits per heavy atom. The molecule has 162 valence electrons. The van der Waals surface area contributed by atoms with Crippen molar-refractivity contribution in [3.8, 4) is 11.4 Å². The SMILES string of the molecule is CCNC(=O)C(NC(=O)c1nc(-c2ccccc2)n2c1CN(C)CCC2)C(C)(C)C. The Balaban J connectivity index is 2.01. The molecule has 2 amide bonds. The van der Waals surface area contributed by atoms with E-state index in [2.05, 4.69) is 27.1 Å².